The van der Waals surface area contributed by atoms with Crippen LogP contribution < -0.4 is 4.74 Å². The molecule has 26 heavy (non-hydrogen) atoms. The molecule has 0 spiro atoms. The van der Waals surface area contributed by atoms with Crippen LogP contribution in [0.3, 0.4) is 0 Å². The van der Waals surface area contributed by atoms with Gasteiger partial charge < -0.3 is 4.74 Å². The fourth-order valence-corrected chi connectivity index (χ4v) is 3.17. The lowest BCUT2D eigenvalue weighted by Crippen LogP contribution is -2.13. The third-order valence-electron chi connectivity index (χ3n) is 3.99. The van der Waals surface area contributed by atoms with Crippen LogP contribution in [-0.2, 0) is 6.42 Å². The van der Waals surface area contributed by atoms with Gasteiger partial charge in [-0.15, -0.1) is 0 Å². The Morgan fingerprint density at radius 1 is 1.12 bits per heavy atom. The molecule has 6 heteroatoms. The quantitative estimate of drug-likeness (QED) is 0.429. The van der Waals surface area contributed by atoms with Gasteiger partial charge in [-0.25, -0.2) is 0 Å². The molecule has 3 nitrogen and oxygen atoms in total. The number of halogens is 3. The lowest BCUT2D eigenvalue weighted by Gasteiger charge is -2.20. The van der Waals surface area contributed by atoms with Crippen LogP contribution in [-0.4, -0.2) is 18.5 Å². The van der Waals surface area contributed by atoms with E-state index >= 15 is 0 Å². The zero-order valence-electron chi connectivity index (χ0n) is 14.0. The highest BCUT2D eigenvalue weighted by Gasteiger charge is 2.19. The summed E-state index contributed by atoms with van der Waals surface area (Å²) >= 11 is 17.2. The summed E-state index contributed by atoms with van der Waals surface area (Å²) in [7, 11) is 0. The van der Waals surface area contributed by atoms with E-state index in [9.17, 15) is 0 Å². The first-order valence-corrected chi connectivity index (χ1v) is 9.38. The molecule has 0 unspecified atom stereocenters. The maximum atomic E-state index is 5.99. The molecule has 0 heterocycles. The molecule has 0 aromatic heterocycles. The summed E-state index contributed by atoms with van der Waals surface area (Å²) in [4.78, 5) is 0. The van der Waals surface area contributed by atoms with E-state index in [4.69, 9.17) is 39.5 Å². The Bertz CT molecular complexity index is 871. The van der Waals surface area contributed by atoms with Gasteiger partial charge in [-0.3, -0.25) is 0 Å². The van der Waals surface area contributed by atoms with Gasteiger partial charge in [-0.05, 0) is 49.1 Å². The standard InChI is InChI=1S/C20H17Cl3N2O/c21-15-5-1-4-14(12-15)13-24-25-18-8-2-7-17-16(18)6-3-9-19(17)26-11-10-20(22)23/h1,3-6,9-10,12-13H,2,7-8,11H2/b24-13+,25-18+. The van der Waals surface area contributed by atoms with Crippen LogP contribution in [0.1, 0.15) is 29.5 Å². The number of hydrogen-bond donors (Lipinski definition) is 0. The van der Waals surface area contributed by atoms with Crippen molar-refractivity contribution in [2.45, 2.75) is 19.3 Å². The van der Waals surface area contributed by atoms with Gasteiger partial charge in [0.1, 0.15) is 16.8 Å². The molecule has 0 aliphatic heterocycles. The average Bonchev–Trinajstić information content (AvgIpc) is 2.62. The van der Waals surface area contributed by atoms with Gasteiger partial charge in [0.05, 0.1) is 11.9 Å². The van der Waals surface area contributed by atoms with Gasteiger partial charge in [0.2, 0.25) is 0 Å². The summed E-state index contributed by atoms with van der Waals surface area (Å²) in [6.07, 6.45) is 6.17. The molecule has 0 saturated carbocycles. The molecule has 2 aromatic carbocycles. The van der Waals surface area contributed by atoms with Crippen LogP contribution >= 0.6 is 34.8 Å². The molecule has 1 aliphatic rings. The normalized spacial score (nSPS) is 15.1. The van der Waals surface area contributed by atoms with Crippen molar-refractivity contribution in [2.75, 3.05) is 6.61 Å². The third kappa shape index (κ3) is 5.10. The van der Waals surface area contributed by atoms with Gasteiger partial charge in [-0.1, -0.05) is 59.1 Å². The fourth-order valence-electron chi connectivity index (χ4n) is 2.85. The minimum atomic E-state index is 0.201. The zero-order valence-corrected chi connectivity index (χ0v) is 16.2. The first kappa shape index (κ1) is 19.0. The van der Waals surface area contributed by atoms with Gasteiger partial charge >= 0.3 is 0 Å². The average molecular weight is 408 g/mol. The first-order valence-electron chi connectivity index (χ1n) is 8.25. The van der Waals surface area contributed by atoms with E-state index in [2.05, 4.69) is 16.3 Å². The lowest BCUT2D eigenvalue weighted by molar-refractivity contribution is 0.358. The Morgan fingerprint density at radius 2 is 1.96 bits per heavy atom. The van der Waals surface area contributed by atoms with Crippen molar-refractivity contribution < 1.29 is 4.74 Å². The van der Waals surface area contributed by atoms with Gasteiger partial charge in [0.15, 0.2) is 0 Å². The number of benzene rings is 2. The van der Waals surface area contributed by atoms with Crippen molar-refractivity contribution >= 4 is 46.7 Å². The molecule has 0 bridgehead atoms. The molecule has 2 aromatic rings. The second-order valence-corrected chi connectivity index (χ2v) is 7.23. The van der Waals surface area contributed by atoms with E-state index in [0.717, 1.165) is 47.4 Å². The molecule has 0 amide bonds. The second kappa shape index (κ2) is 9.22. The van der Waals surface area contributed by atoms with Gasteiger partial charge in [0.25, 0.3) is 0 Å². The molecule has 0 fully saturated rings. The van der Waals surface area contributed by atoms with E-state index in [1.807, 2.05) is 36.4 Å². The first-order chi connectivity index (χ1) is 12.6. The Morgan fingerprint density at radius 3 is 2.77 bits per heavy atom. The van der Waals surface area contributed by atoms with Crippen molar-refractivity contribution in [3.63, 3.8) is 0 Å². The Labute approximate surface area is 167 Å². The van der Waals surface area contributed by atoms with Crippen LogP contribution in [0, 0.1) is 0 Å². The fraction of sp³-hybridized carbons (Fsp3) is 0.200. The summed E-state index contributed by atoms with van der Waals surface area (Å²) in [5, 5.41) is 9.35. The smallest absolute Gasteiger partial charge is 0.123 e. The van der Waals surface area contributed by atoms with Crippen LogP contribution in [0.15, 0.2) is 63.2 Å². The van der Waals surface area contributed by atoms with Crippen LogP contribution in [0.2, 0.25) is 5.02 Å². The maximum Gasteiger partial charge on any atom is 0.123 e. The van der Waals surface area contributed by atoms with Crippen molar-refractivity contribution in [2.24, 2.45) is 10.2 Å². The summed E-state index contributed by atoms with van der Waals surface area (Å²) in [5.74, 6) is 0.833. The molecule has 0 radical (unpaired) electrons. The highest BCUT2D eigenvalue weighted by molar-refractivity contribution is 6.55. The van der Waals surface area contributed by atoms with Gasteiger partial charge in [-0.2, -0.15) is 10.2 Å². The molecular weight excluding hydrogens is 391 g/mol. The number of fused-ring (bicyclic) bond motifs is 1. The van der Waals surface area contributed by atoms with E-state index in [0.29, 0.717) is 11.6 Å². The summed E-state index contributed by atoms with van der Waals surface area (Å²) in [5.41, 5.74) is 4.10. The van der Waals surface area contributed by atoms with E-state index in [1.54, 1.807) is 12.3 Å². The lowest BCUT2D eigenvalue weighted by atomic mass is 9.89. The summed E-state index contributed by atoms with van der Waals surface area (Å²) < 4.78 is 6.00. The largest absolute Gasteiger partial charge is 0.489 e. The molecule has 0 N–H and O–H groups in total. The third-order valence-corrected chi connectivity index (χ3v) is 4.54. The number of nitrogens with zero attached hydrogens (tertiary/aromatic N) is 2. The zero-order chi connectivity index (χ0) is 18.4. The maximum absolute atomic E-state index is 5.99. The summed E-state index contributed by atoms with van der Waals surface area (Å²) in [6.45, 7) is 0.332. The number of rotatable bonds is 5. The van der Waals surface area contributed by atoms with E-state index in [1.165, 1.54) is 0 Å². The Kier molecular flexibility index (Phi) is 6.73. The second-order valence-electron chi connectivity index (χ2n) is 5.79. The van der Waals surface area contributed by atoms with E-state index < -0.39 is 0 Å². The SMILES string of the molecule is ClC(Cl)=CCOc1cccc2c1CCC/C2=N\N=C\c1cccc(Cl)c1. The van der Waals surface area contributed by atoms with Crippen LogP contribution in [0.4, 0.5) is 0 Å². The van der Waals surface area contributed by atoms with Crippen molar-refractivity contribution in [3.05, 3.63) is 74.7 Å². The van der Waals surface area contributed by atoms with Crippen molar-refractivity contribution in [1.82, 2.24) is 0 Å². The molecule has 1 aliphatic carbocycles. The minimum absolute atomic E-state index is 0.201. The molecule has 0 saturated heterocycles. The minimum Gasteiger partial charge on any atom is -0.489 e. The van der Waals surface area contributed by atoms with Crippen LogP contribution in [0.25, 0.3) is 0 Å². The summed E-state index contributed by atoms with van der Waals surface area (Å²) in [6, 6.07) is 13.5. The number of ether oxygens (including phenoxy) is 1. The monoisotopic (exact) mass is 406 g/mol. The Balaban J connectivity index is 1.81. The van der Waals surface area contributed by atoms with Gasteiger partial charge in [0, 0.05) is 16.1 Å². The predicted molar refractivity (Wildman–Crippen MR) is 110 cm³/mol. The van der Waals surface area contributed by atoms with Crippen molar-refractivity contribution in [1.29, 1.82) is 0 Å². The highest BCUT2D eigenvalue weighted by atomic mass is 35.5. The topological polar surface area (TPSA) is 34.0 Å². The molecule has 134 valence electrons. The molecule has 0 atom stereocenters. The Hall–Kier alpha value is -1.81. The van der Waals surface area contributed by atoms with Crippen LogP contribution in [0.5, 0.6) is 5.75 Å². The van der Waals surface area contributed by atoms with E-state index in [-0.39, 0.29) is 4.49 Å². The molecular formula is C20H17Cl3N2O. The molecule has 3 rings (SSSR count). The highest BCUT2D eigenvalue weighted by Crippen LogP contribution is 2.30. The predicted octanol–water partition coefficient (Wildman–Crippen LogP) is 6.20. The van der Waals surface area contributed by atoms with Crippen molar-refractivity contribution in [3.8, 4) is 5.75 Å². The number of hydrogen-bond acceptors (Lipinski definition) is 3.